The van der Waals surface area contributed by atoms with Crippen molar-refractivity contribution in [1.29, 1.82) is 0 Å². The summed E-state index contributed by atoms with van der Waals surface area (Å²) in [5.41, 5.74) is 1.41. The van der Waals surface area contributed by atoms with E-state index in [0.29, 0.717) is 23.9 Å². The van der Waals surface area contributed by atoms with Crippen LogP contribution in [0.1, 0.15) is 48.4 Å². The van der Waals surface area contributed by atoms with Gasteiger partial charge in [0.15, 0.2) is 5.82 Å². The standard InChI is InChI=1S/C17H21N3O.ClH/c1-11-18-17(21-19-11)16-14(12-6-4-3-5-7-12)10-13-8-9-15(16)20(13)2;/h3-7,13-16H,8-10H2,1-2H3;1H. The Morgan fingerprint density at radius 1 is 1.18 bits per heavy atom. The Balaban J connectivity index is 0.00000144. The maximum absolute atomic E-state index is 5.57. The lowest BCUT2D eigenvalue weighted by molar-refractivity contribution is 0.120. The number of fused-ring (bicyclic) bond motifs is 2. The van der Waals surface area contributed by atoms with Crippen molar-refractivity contribution in [3.8, 4) is 0 Å². The number of piperidine rings is 1. The first-order chi connectivity index (χ1) is 10.2. The molecule has 4 rings (SSSR count). The van der Waals surface area contributed by atoms with Crippen LogP contribution in [0.25, 0.3) is 0 Å². The van der Waals surface area contributed by atoms with Crippen molar-refractivity contribution in [2.75, 3.05) is 7.05 Å². The summed E-state index contributed by atoms with van der Waals surface area (Å²) in [5, 5.41) is 4.02. The van der Waals surface area contributed by atoms with Gasteiger partial charge in [-0.2, -0.15) is 4.98 Å². The number of rotatable bonds is 2. The lowest BCUT2D eigenvalue weighted by Crippen LogP contribution is -2.44. The van der Waals surface area contributed by atoms with Gasteiger partial charge in [-0.1, -0.05) is 35.5 Å². The van der Waals surface area contributed by atoms with Crippen molar-refractivity contribution in [3.05, 3.63) is 47.6 Å². The van der Waals surface area contributed by atoms with Gasteiger partial charge >= 0.3 is 0 Å². The minimum absolute atomic E-state index is 0. The van der Waals surface area contributed by atoms with Crippen molar-refractivity contribution in [2.45, 2.75) is 50.1 Å². The molecule has 0 radical (unpaired) electrons. The van der Waals surface area contributed by atoms with Gasteiger partial charge in [0, 0.05) is 12.1 Å². The van der Waals surface area contributed by atoms with E-state index in [9.17, 15) is 0 Å². The summed E-state index contributed by atoms with van der Waals surface area (Å²) in [6, 6.07) is 12.0. The highest BCUT2D eigenvalue weighted by atomic mass is 35.5. The minimum Gasteiger partial charge on any atom is -0.339 e. The number of aromatic nitrogens is 2. The summed E-state index contributed by atoms with van der Waals surface area (Å²) in [7, 11) is 2.25. The van der Waals surface area contributed by atoms with Crippen LogP contribution in [0.2, 0.25) is 0 Å². The molecule has 0 N–H and O–H groups in total. The Hall–Kier alpha value is -1.39. The first-order valence-electron chi connectivity index (χ1n) is 7.81. The van der Waals surface area contributed by atoms with E-state index in [-0.39, 0.29) is 12.4 Å². The van der Waals surface area contributed by atoms with Gasteiger partial charge in [-0.05, 0) is 44.7 Å². The Morgan fingerprint density at radius 2 is 1.95 bits per heavy atom. The van der Waals surface area contributed by atoms with Gasteiger partial charge in [0.25, 0.3) is 0 Å². The van der Waals surface area contributed by atoms with Crippen molar-refractivity contribution in [1.82, 2.24) is 15.0 Å². The molecule has 1 aromatic heterocycles. The van der Waals surface area contributed by atoms with Gasteiger partial charge in [0.1, 0.15) is 0 Å². The SMILES string of the molecule is Cc1noc(C2C(c3ccccc3)CC3CCC2N3C)n1.Cl. The molecule has 2 fully saturated rings. The monoisotopic (exact) mass is 319 g/mol. The third-order valence-corrected chi connectivity index (χ3v) is 5.32. The van der Waals surface area contributed by atoms with Gasteiger partial charge in [-0.15, -0.1) is 12.4 Å². The molecule has 0 spiro atoms. The van der Waals surface area contributed by atoms with E-state index in [4.69, 9.17) is 4.52 Å². The van der Waals surface area contributed by atoms with Crippen LogP contribution < -0.4 is 0 Å². The number of aryl methyl sites for hydroxylation is 1. The van der Waals surface area contributed by atoms with E-state index in [2.05, 4.69) is 52.4 Å². The molecular formula is C17H22ClN3O. The fraction of sp³-hybridized carbons (Fsp3) is 0.529. The zero-order valence-electron chi connectivity index (χ0n) is 13.0. The number of nitrogens with zero attached hydrogens (tertiary/aromatic N) is 3. The van der Waals surface area contributed by atoms with Crippen molar-refractivity contribution >= 4 is 12.4 Å². The Morgan fingerprint density at radius 3 is 2.64 bits per heavy atom. The molecule has 2 aliphatic rings. The van der Waals surface area contributed by atoms with Crippen molar-refractivity contribution < 1.29 is 4.52 Å². The molecule has 0 amide bonds. The second-order valence-electron chi connectivity index (χ2n) is 6.42. The minimum atomic E-state index is 0. The van der Waals surface area contributed by atoms with Crippen LogP contribution in [0, 0.1) is 6.92 Å². The van der Waals surface area contributed by atoms with E-state index in [1.54, 1.807) is 0 Å². The molecule has 3 heterocycles. The number of hydrogen-bond acceptors (Lipinski definition) is 4. The molecular weight excluding hydrogens is 298 g/mol. The highest BCUT2D eigenvalue weighted by Crippen LogP contribution is 2.50. The normalized spacial score (nSPS) is 31.0. The quantitative estimate of drug-likeness (QED) is 0.849. The molecule has 4 unspecified atom stereocenters. The Kier molecular flexibility index (Phi) is 4.24. The molecule has 5 heteroatoms. The second-order valence-corrected chi connectivity index (χ2v) is 6.42. The lowest BCUT2D eigenvalue weighted by atomic mass is 9.76. The predicted octanol–water partition coefficient (Wildman–Crippen LogP) is 3.53. The summed E-state index contributed by atoms with van der Waals surface area (Å²) >= 11 is 0. The number of halogens is 1. The molecule has 1 aromatic carbocycles. The maximum Gasteiger partial charge on any atom is 0.231 e. The third-order valence-electron chi connectivity index (χ3n) is 5.32. The third kappa shape index (κ3) is 2.44. The highest BCUT2D eigenvalue weighted by molar-refractivity contribution is 5.85. The zero-order chi connectivity index (χ0) is 14.4. The largest absolute Gasteiger partial charge is 0.339 e. The van der Waals surface area contributed by atoms with Crippen LogP contribution in [-0.4, -0.2) is 34.2 Å². The topological polar surface area (TPSA) is 42.2 Å². The Bertz CT molecular complexity index is 630. The smallest absolute Gasteiger partial charge is 0.231 e. The molecule has 2 saturated heterocycles. The molecule has 2 aromatic rings. The van der Waals surface area contributed by atoms with Crippen LogP contribution in [0.5, 0.6) is 0 Å². The molecule has 4 atom stereocenters. The number of hydrogen-bond donors (Lipinski definition) is 0. The van der Waals surface area contributed by atoms with Crippen molar-refractivity contribution in [3.63, 3.8) is 0 Å². The van der Waals surface area contributed by atoms with E-state index in [1.807, 2.05) is 6.92 Å². The van der Waals surface area contributed by atoms with Gasteiger partial charge < -0.3 is 4.52 Å². The van der Waals surface area contributed by atoms with Crippen LogP contribution in [0.15, 0.2) is 34.9 Å². The molecule has 0 aliphatic carbocycles. The zero-order valence-corrected chi connectivity index (χ0v) is 13.8. The first-order valence-corrected chi connectivity index (χ1v) is 7.81. The van der Waals surface area contributed by atoms with Gasteiger partial charge in [-0.25, -0.2) is 0 Å². The van der Waals surface area contributed by atoms with Gasteiger partial charge in [-0.3, -0.25) is 4.90 Å². The van der Waals surface area contributed by atoms with E-state index >= 15 is 0 Å². The predicted molar refractivity (Wildman–Crippen MR) is 87.4 cm³/mol. The van der Waals surface area contributed by atoms with E-state index < -0.39 is 0 Å². The molecule has 22 heavy (non-hydrogen) atoms. The van der Waals surface area contributed by atoms with Gasteiger partial charge in [0.05, 0.1) is 5.92 Å². The van der Waals surface area contributed by atoms with Gasteiger partial charge in [0.2, 0.25) is 5.89 Å². The summed E-state index contributed by atoms with van der Waals surface area (Å²) in [6.07, 6.45) is 3.70. The number of benzene rings is 1. The summed E-state index contributed by atoms with van der Waals surface area (Å²) in [5.74, 6) is 2.36. The lowest BCUT2D eigenvalue weighted by Gasteiger charge is -2.41. The number of likely N-dealkylation sites (N-methyl/N-ethyl adjacent to an activating group) is 1. The summed E-state index contributed by atoms with van der Waals surface area (Å²) < 4.78 is 5.57. The summed E-state index contributed by atoms with van der Waals surface area (Å²) in [4.78, 5) is 7.09. The van der Waals surface area contributed by atoms with E-state index in [1.165, 1.54) is 24.8 Å². The Labute approximate surface area is 137 Å². The fourth-order valence-electron chi connectivity index (χ4n) is 4.29. The van der Waals surface area contributed by atoms with Crippen LogP contribution in [0.3, 0.4) is 0 Å². The molecule has 0 saturated carbocycles. The molecule has 2 bridgehead atoms. The van der Waals surface area contributed by atoms with Crippen LogP contribution in [-0.2, 0) is 0 Å². The second kappa shape index (κ2) is 6.01. The maximum atomic E-state index is 5.57. The van der Waals surface area contributed by atoms with Crippen molar-refractivity contribution in [2.24, 2.45) is 0 Å². The average Bonchev–Trinajstić information content (AvgIpc) is 3.01. The molecule has 2 aliphatic heterocycles. The molecule has 118 valence electrons. The first kappa shape index (κ1) is 15.5. The van der Waals surface area contributed by atoms with Crippen LogP contribution in [0.4, 0.5) is 0 Å². The summed E-state index contributed by atoms with van der Waals surface area (Å²) in [6.45, 7) is 1.90. The fourth-order valence-corrected chi connectivity index (χ4v) is 4.29. The average molecular weight is 320 g/mol. The van der Waals surface area contributed by atoms with Crippen LogP contribution >= 0.6 is 12.4 Å². The van der Waals surface area contributed by atoms with E-state index in [0.717, 1.165) is 11.7 Å². The molecule has 4 nitrogen and oxygen atoms in total. The highest BCUT2D eigenvalue weighted by Gasteiger charge is 2.48.